The number of amides is 1. The summed E-state index contributed by atoms with van der Waals surface area (Å²) in [6.07, 6.45) is 7.40. The molecule has 0 unspecified atom stereocenters. The molecule has 28 heavy (non-hydrogen) atoms. The fraction of sp³-hybridized carbons (Fsp3) is 0.227. The first kappa shape index (κ1) is 18.0. The van der Waals surface area contributed by atoms with E-state index in [-0.39, 0.29) is 17.9 Å². The molecule has 0 aliphatic heterocycles. The molecule has 0 fully saturated rings. The number of nitrogens with one attached hydrogen (secondary N) is 1. The molecule has 1 N–H and O–H groups in total. The predicted molar refractivity (Wildman–Crippen MR) is 109 cm³/mol. The molecular weight excluding hydrogens is 350 g/mol. The number of fused-ring (bicyclic) bond motifs is 1. The molecule has 6 heteroatoms. The van der Waals surface area contributed by atoms with E-state index in [1.165, 1.54) is 0 Å². The Morgan fingerprint density at radius 2 is 1.86 bits per heavy atom. The van der Waals surface area contributed by atoms with Gasteiger partial charge in [-0.3, -0.25) is 4.79 Å². The number of nitrogens with zero attached hydrogens (tertiary/aromatic N) is 4. The van der Waals surface area contributed by atoms with Crippen LogP contribution in [0.4, 0.5) is 0 Å². The number of aryl methyl sites for hydroxylation is 1. The van der Waals surface area contributed by atoms with E-state index in [9.17, 15) is 4.79 Å². The summed E-state index contributed by atoms with van der Waals surface area (Å²) >= 11 is 0. The number of pyridine rings is 1. The van der Waals surface area contributed by atoms with E-state index in [0.29, 0.717) is 5.56 Å². The third kappa shape index (κ3) is 3.41. The first-order valence-corrected chi connectivity index (χ1v) is 9.35. The van der Waals surface area contributed by atoms with Crippen molar-refractivity contribution < 1.29 is 4.79 Å². The van der Waals surface area contributed by atoms with E-state index in [0.717, 1.165) is 22.7 Å². The molecule has 0 radical (unpaired) electrons. The van der Waals surface area contributed by atoms with Gasteiger partial charge >= 0.3 is 0 Å². The van der Waals surface area contributed by atoms with Gasteiger partial charge < -0.3 is 14.3 Å². The van der Waals surface area contributed by atoms with Crippen LogP contribution in [0.1, 0.15) is 36.1 Å². The third-order valence-electron chi connectivity index (χ3n) is 4.87. The summed E-state index contributed by atoms with van der Waals surface area (Å²) in [7, 11) is 1.94. The molecule has 0 aliphatic carbocycles. The smallest absolute Gasteiger partial charge is 0.253 e. The van der Waals surface area contributed by atoms with Gasteiger partial charge in [-0.2, -0.15) is 0 Å². The molecule has 0 aliphatic rings. The predicted octanol–water partition coefficient (Wildman–Crippen LogP) is 3.86. The Hall–Kier alpha value is -3.41. The van der Waals surface area contributed by atoms with Gasteiger partial charge in [0.2, 0.25) is 0 Å². The first-order chi connectivity index (χ1) is 13.5. The normalized spacial score (nSPS) is 12.4. The highest BCUT2D eigenvalue weighted by atomic mass is 16.1. The van der Waals surface area contributed by atoms with Crippen molar-refractivity contribution in [1.82, 2.24) is 24.3 Å². The summed E-state index contributed by atoms with van der Waals surface area (Å²) in [5, 5.41) is 3.12. The maximum Gasteiger partial charge on any atom is 0.253 e. The lowest BCUT2D eigenvalue weighted by molar-refractivity contribution is 0.0922. The van der Waals surface area contributed by atoms with E-state index >= 15 is 0 Å². The lowest BCUT2D eigenvalue weighted by atomic mass is 10.0. The summed E-state index contributed by atoms with van der Waals surface area (Å²) in [5.74, 6) is 0.934. The lowest BCUT2D eigenvalue weighted by Gasteiger charge is -2.22. The van der Waals surface area contributed by atoms with Crippen LogP contribution >= 0.6 is 0 Å². The molecule has 6 nitrogen and oxygen atoms in total. The van der Waals surface area contributed by atoms with Gasteiger partial charge in [0.1, 0.15) is 11.5 Å². The van der Waals surface area contributed by atoms with E-state index < -0.39 is 0 Å². The van der Waals surface area contributed by atoms with Crippen LogP contribution in [0, 0.1) is 5.92 Å². The summed E-state index contributed by atoms with van der Waals surface area (Å²) in [6, 6.07) is 13.5. The number of aromatic nitrogens is 4. The van der Waals surface area contributed by atoms with Crippen molar-refractivity contribution in [2.45, 2.75) is 19.9 Å². The highest BCUT2D eigenvalue weighted by molar-refractivity contribution is 5.94. The van der Waals surface area contributed by atoms with Crippen LogP contribution in [-0.2, 0) is 7.05 Å². The number of hydrogen-bond acceptors (Lipinski definition) is 3. The topological polar surface area (TPSA) is 64.2 Å². The Morgan fingerprint density at radius 1 is 1.07 bits per heavy atom. The van der Waals surface area contributed by atoms with Crippen molar-refractivity contribution in [2.24, 2.45) is 13.0 Å². The Bertz CT molecular complexity index is 1110. The van der Waals surface area contributed by atoms with Gasteiger partial charge in [0.05, 0.1) is 17.3 Å². The maximum atomic E-state index is 12.9. The second-order valence-corrected chi connectivity index (χ2v) is 7.27. The van der Waals surface area contributed by atoms with Crippen molar-refractivity contribution in [3.8, 4) is 11.3 Å². The SMILES string of the molecule is CC(C)[C@H](NC(=O)c1ccc2nc(-c3ccccc3)cn2c1)c1nccn1C. The largest absolute Gasteiger partial charge is 0.342 e. The van der Waals surface area contributed by atoms with Crippen LogP contribution in [0.25, 0.3) is 16.9 Å². The molecule has 3 aromatic heterocycles. The molecule has 0 saturated heterocycles. The summed E-state index contributed by atoms with van der Waals surface area (Å²) < 4.78 is 3.83. The van der Waals surface area contributed by atoms with Crippen molar-refractivity contribution in [3.63, 3.8) is 0 Å². The van der Waals surface area contributed by atoms with Crippen molar-refractivity contribution in [3.05, 3.63) is 78.6 Å². The van der Waals surface area contributed by atoms with Crippen LogP contribution in [-0.4, -0.2) is 24.8 Å². The van der Waals surface area contributed by atoms with Gasteiger partial charge in [-0.15, -0.1) is 0 Å². The van der Waals surface area contributed by atoms with Crippen molar-refractivity contribution in [1.29, 1.82) is 0 Å². The van der Waals surface area contributed by atoms with E-state index in [4.69, 9.17) is 0 Å². The number of imidazole rings is 2. The molecule has 1 amide bonds. The van der Waals surface area contributed by atoms with Crippen LogP contribution in [0.3, 0.4) is 0 Å². The second kappa shape index (κ2) is 7.31. The summed E-state index contributed by atoms with van der Waals surface area (Å²) in [6.45, 7) is 4.15. The van der Waals surface area contributed by atoms with E-state index in [2.05, 4.69) is 29.1 Å². The lowest BCUT2D eigenvalue weighted by Crippen LogP contribution is -2.33. The van der Waals surface area contributed by atoms with Gasteiger partial charge in [0.25, 0.3) is 5.91 Å². The van der Waals surface area contributed by atoms with E-state index in [1.54, 1.807) is 6.20 Å². The summed E-state index contributed by atoms with van der Waals surface area (Å²) in [4.78, 5) is 22.0. The minimum Gasteiger partial charge on any atom is -0.342 e. The second-order valence-electron chi connectivity index (χ2n) is 7.27. The number of carbonyl (C=O) groups is 1. The third-order valence-corrected chi connectivity index (χ3v) is 4.87. The van der Waals surface area contributed by atoms with Crippen LogP contribution in [0.2, 0.25) is 0 Å². The van der Waals surface area contributed by atoms with Gasteiger partial charge in [-0.05, 0) is 18.1 Å². The van der Waals surface area contributed by atoms with Gasteiger partial charge in [-0.1, -0.05) is 44.2 Å². The van der Waals surface area contributed by atoms with Gasteiger partial charge in [0.15, 0.2) is 0 Å². The number of benzene rings is 1. The zero-order valence-electron chi connectivity index (χ0n) is 16.2. The number of rotatable bonds is 5. The molecule has 0 bridgehead atoms. The molecule has 4 aromatic rings. The molecule has 1 aromatic carbocycles. The number of carbonyl (C=O) groups excluding carboxylic acids is 1. The zero-order chi connectivity index (χ0) is 19.7. The van der Waals surface area contributed by atoms with Crippen LogP contribution in [0.15, 0.2) is 67.3 Å². The average molecular weight is 373 g/mol. The molecular formula is C22H23N5O. The van der Waals surface area contributed by atoms with E-state index in [1.807, 2.05) is 77.1 Å². The average Bonchev–Trinajstić information content (AvgIpc) is 3.31. The minimum atomic E-state index is -0.161. The summed E-state index contributed by atoms with van der Waals surface area (Å²) in [5.41, 5.74) is 3.32. The standard InChI is InChI=1S/C22H23N5O/c1-15(2)20(21-23-11-12-26(21)3)25-22(28)17-9-10-19-24-18(14-27(19)13-17)16-7-5-4-6-8-16/h4-15,20H,1-3H3,(H,25,28)/t20-/m0/s1. The molecule has 0 spiro atoms. The van der Waals surface area contributed by atoms with Crippen molar-refractivity contribution >= 4 is 11.6 Å². The van der Waals surface area contributed by atoms with Crippen LogP contribution in [0.5, 0.6) is 0 Å². The van der Waals surface area contributed by atoms with Crippen molar-refractivity contribution in [2.75, 3.05) is 0 Å². The first-order valence-electron chi connectivity index (χ1n) is 9.35. The maximum absolute atomic E-state index is 12.9. The fourth-order valence-corrected chi connectivity index (χ4v) is 3.30. The number of hydrogen-bond donors (Lipinski definition) is 1. The molecule has 4 rings (SSSR count). The molecule has 142 valence electrons. The van der Waals surface area contributed by atoms with Gasteiger partial charge in [0, 0.05) is 37.4 Å². The molecule has 0 saturated carbocycles. The molecule has 1 atom stereocenters. The zero-order valence-corrected chi connectivity index (χ0v) is 16.2. The monoisotopic (exact) mass is 373 g/mol. The highest BCUT2D eigenvalue weighted by Crippen LogP contribution is 2.22. The van der Waals surface area contributed by atoms with Crippen LogP contribution < -0.4 is 5.32 Å². The quantitative estimate of drug-likeness (QED) is 0.578. The van der Waals surface area contributed by atoms with Gasteiger partial charge in [-0.25, -0.2) is 9.97 Å². The minimum absolute atomic E-state index is 0.126. The Balaban J connectivity index is 1.61. The Morgan fingerprint density at radius 3 is 2.54 bits per heavy atom. The highest BCUT2D eigenvalue weighted by Gasteiger charge is 2.22. The molecule has 3 heterocycles. The fourth-order valence-electron chi connectivity index (χ4n) is 3.30. The Labute approximate surface area is 163 Å². The Kier molecular flexibility index (Phi) is 4.69.